The number of amides is 2. The Kier molecular flexibility index (Phi) is 8.87. The molecule has 31 heavy (non-hydrogen) atoms. The van der Waals surface area contributed by atoms with Crippen LogP contribution in [0, 0.1) is 6.92 Å². The zero-order chi connectivity index (χ0) is 22.9. The van der Waals surface area contributed by atoms with Gasteiger partial charge in [-0.25, -0.2) is 5.48 Å². The van der Waals surface area contributed by atoms with Crippen LogP contribution in [-0.4, -0.2) is 23.6 Å². The molecule has 0 fully saturated rings. The normalized spacial score (nSPS) is 11.1. The number of alkyl halides is 3. The maximum absolute atomic E-state index is 13.3. The molecule has 0 aliphatic rings. The quantitative estimate of drug-likeness (QED) is 0.241. The zero-order valence-corrected chi connectivity index (χ0v) is 17.2. The van der Waals surface area contributed by atoms with Gasteiger partial charge in [-0.1, -0.05) is 25.0 Å². The summed E-state index contributed by atoms with van der Waals surface area (Å²) in [6, 6.07) is 10.5. The van der Waals surface area contributed by atoms with Crippen molar-refractivity contribution in [1.82, 2.24) is 10.8 Å². The standard InChI is InChI=1S/C22H26F3N3O3/c1-15-7-6-8-18(20(15)22(23,24)25)27-17-12-10-16(11-13-17)21(30)26-14-5-3-2-4-9-19(29)28-31/h6-8,10-13,27,31H,2-5,9,14H2,1H3,(H,26,30)(H,28,29). The Hall–Kier alpha value is -3.07. The lowest BCUT2D eigenvalue weighted by Crippen LogP contribution is -2.24. The minimum absolute atomic E-state index is 0.0406. The van der Waals surface area contributed by atoms with Gasteiger partial charge in [0.1, 0.15) is 0 Å². The molecule has 0 aliphatic heterocycles. The van der Waals surface area contributed by atoms with Gasteiger partial charge in [-0.15, -0.1) is 0 Å². The molecule has 168 valence electrons. The van der Waals surface area contributed by atoms with Crippen LogP contribution < -0.4 is 16.1 Å². The number of anilines is 2. The molecule has 2 amide bonds. The SMILES string of the molecule is Cc1cccc(Nc2ccc(C(=O)NCCCCCCC(=O)NO)cc2)c1C(F)(F)F. The van der Waals surface area contributed by atoms with E-state index in [2.05, 4.69) is 10.6 Å². The highest BCUT2D eigenvalue weighted by Gasteiger charge is 2.35. The Balaban J connectivity index is 1.84. The molecule has 2 aromatic carbocycles. The Labute approximate surface area is 178 Å². The molecule has 4 N–H and O–H groups in total. The molecule has 0 saturated carbocycles. The fraction of sp³-hybridized carbons (Fsp3) is 0.364. The second-order valence-electron chi connectivity index (χ2n) is 7.15. The summed E-state index contributed by atoms with van der Waals surface area (Å²) < 4.78 is 40.0. The number of hydroxylamine groups is 1. The molecule has 0 saturated heterocycles. The van der Waals surface area contributed by atoms with Gasteiger partial charge in [0.2, 0.25) is 5.91 Å². The van der Waals surface area contributed by atoms with Crippen LogP contribution >= 0.6 is 0 Å². The molecule has 6 nitrogen and oxygen atoms in total. The number of hydrogen-bond donors (Lipinski definition) is 4. The fourth-order valence-electron chi connectivity index (χ4n) is 3.13. The smallest absolute Gasteiger partial charge is 0.355 e. The van der Waals surface area contributed by atoms with Gasteiger partial charge < -0.3 is 10.6 Å². The number of carbonyl (C=O) groups is 2. The average Bonchev–Trinajstić information content (AvgIpc) is 2.72. The highest BCUT2D eigenvalue weighted by atomic mass is 19.4. The molecule has 0 radical (unpaired) electrons. The van der Waals surface area contributed by atoms with Crippen molar-refractivity contribution in [3.8, 4) is 0 Å². The van der Waals surface area contributed by atoms with Crippen molar-refractivity contribution >= 4 is 23.2 Å². The van der Waals surface area contributed by atoms with Crippen LogP contribution in [0.4, 0.5) is 24.5 Å². The van der Waals surface area contributed by atoms with E-state index in [4.69, 9.17) is 5.21 Å². The third-order valence-corrected chi connectivity index (χ3v) is 4.72. The van der Waals surface area contributed by atoms with Gasteiger partial charge in [-0.2, -0.15) is 13.2 Å². The number of carbonyl (C=O) groups excluding carboxylic acids is 2. The highest BCUT2D eigenvalue weighted by molar-refractivity contribution is 5.94. The Morgan fingerprint density at radius 1 is 0.968 bits per heavy atom. The zero-order valence-electron chi connectivity index (χ0n) is 17.2. The number of nitrogens with one attached hydrogen (secondary N) is 3. The summed E-state index contributed by atoms with van der Waals surface area (Å²) in [5, 5.41) is 14.0. The second kappa shape index (κ2) is 11.4. The monoisotopic (exact) mass is 437 g/mol. The van der Waals surface area contributed by atoms with E-state index >= 15 is 0 Å². The van der Waals surface area contributed by atoms with Crippen LogP contribution in [0.25, 0.3) is 0 Å². The van der Waals surface area contributed by atoms with Crippen molar-refractivity contribution in [3.63, 3.8) is 0 Å². The first kappa shape index (κ1) is 24.2. The van der Waals surface area contributed by atoms with E-state index in [-0.39, 0.29) is 23.6 Å². The van der Waals surface area contributed by atoms with E-state index in [1.54, 1.807) is 35.8 Å². The molecule has 0 heterocycles. The van der Waals surface area contributed by atoms with Crippen LogP contribution in [0.3, 0.4) is 0 Å². The van der Waals surface area contributed by atoms with E-state index in [0.717, 1.165) is 19.3 Å². The van der Waals surface area contributed by atoms with Crippen LogP contribution in [0.5, 0.6) is 0 Å². The maximum Gasteiger partial charge on any atom is 0.418 e. The van der Waals surface area contributed by atoms with Crippen LogP contribution in [-0.2, 0) is 11.0 Å². The number of rotatable bonds is 10. The summed E-state index contributed by atoms with van der Waals surface area (Å²) in [6.07, 6.45) is -1.16. The molecule has 9 heteroatoms. The lowest BCUT2D eigenvalue weighted by molar-refractivity contribution is -0.137. The Morgan fingerprint density at radius 2 is 1.65 bits per heavy atom. The van der Waals surface area contributed by atoms with Crippen LogP contribution in [0.1, 0.15) is 53.6 Å². The van der Waals surface area contributed by atoms with Crippen molar-refractivity contribution in [2.75, 3.05) is 11.9 Å². The minimum atomic E-state index is -4.47. The second-order valence-corrected chi connectivity index (χ2v) is 7.15. The first-order valence-corrected chi connectivity index (χ1v) is 9.97. The summed E-state index contributed by atoms with van der Waals surface area (Å²) in [5.74, 6) is -0.680. The first-order valence-electron chi connectivity index (χ1n) is 9.97. The van der Waals surface area contributed by atoms with Gasteiger partial charge in [0.15, 0.2) is 0 Å². The predicted octanol–water partition coefficient (Wildman–Crippen LogP) is 4.94. The highest BCUT2D eigenvalue weighted by Crippen LogP contribution is 2.38. The average molecular weight is 437 g/mol. The van der Waals surface area contributed by atoms with E-state index in [1.165, 1.54) is 19.1 Å². The van der Waals surface area contributed by atoms with E-state index in [1.807, 2.05) is 0 Å². The third kappa shape index (κ3) is 7.60. The van der Waals surface area contributed by atoms with Gasteiger partial charge in [-0.3, -0.25) is 14.8 Å². The Bertz CT molecular complexity index is 884. The molecule has 0 bridgehead atoms. The minimum Gasteiger partial charge on any atom is -0.355 e. The predicted molar refractivity (Wildman–Crippen MR) is 111 cm³/mol. The number of hydrogen-bond acceptors (Lipinski definition) is 4. The molecule has 0 unspecified atom stereocenters. The van der Waals surface area contributed by atoms with Gasteiger partial charge in [0.25, 0.3) is 5.91 Å². The van der Waals surface area contributed by atoms with E-state index in [0.29, 0.717) is 24.2 Å². The summed E-state index contributed by atoms with van der Waals surface area (Å²) in [4.78, 5) is 23.1. The van der Waals surface area contributed by atoms with Gasteiger partial charge >= 0.3 is 6.18 Å². The molecule has 0 atom stereocenters. The number of halogens is 3. The maximum atomic E-state index is 13.3. The van der Waals surface area contributed by atoms with Crippen LogP contribution in [0.2, 0.25) is 0 Å². The van der Waals surface area contributed by atoms with Crippen molar-refractivity contribution < 1.29 is 28.0 Å². The topological polar surface area (TPSA) is 90.5 Å². The van der Waals surface area contributed by atoms with Crippen molar-refractivity contribution in [3.05, 3.63) is 59.2 Å². The summed E-state index contributed by atoms with van der Waals surface area (Å²) >= 11 is 0. The van der Waals surface area contributed by atoms with Gasteiger partial charge in [0, 0.05) is 24.2 Å². The summed E-state index contributed by atoms with van der Waals surface area (Å²) in [5.41, 5.74) is 1.81. The largest absolute Gasteiger partial charge is 0.418 e. The van der Waals surface area contributed by atoms with Crippen molar-refractivity contribution in [2.45, 2.75) is 45.2 Å². The van der Waals surface area contributed by atoms with Gasteiger partial charge in [-0.05, 0) is 55.7 Å². The van der Waals surface area contributed by atoms with Gasteiger partial charge in [0.05, 0.1) is 11.3 Å². The molecular weight excluding hydrogens is 411 g/mol. The molecular formula is C22H26F3N3O3. The summed E-state index contributed by atoms with van der Waals surface area (Å²) in [7, 11) is 0. The molecule has 2 rings (SSSR count). The molecule has 0 aromatic heterocycles. The lowest BCUT2D eigenvalue weighted by Gasteiger charge is -2.17. The number of aryl methyl sites for hydroxylation is 1. The lowest BCUT2D eigenvalue weighted by atomic mass is 10.1. The van der Waals surface area contributed by atoms with Crippen LogP contribution in [0.15, 0.2) is 42.5 Å². The van der Waals surface area contributed by atoms with Crippen molar-refractivity contribution in [2.24, 2.45) is 0 Å². The van der Waals surface area contributed by atoms with Crippen molar-refractivity contribution in [1.29, 1.82) is 0 Å². The van der Waals surface area contributed by atoms with E-state index in [9.17, 15) is 22.8 Å². The third-order valence-electron chi connectivity index (χ3n) is 4.72. The Morgan fingerprint density at radius 3 is 2.29 bits per heavy atom. The fourth-order valence-corrected chi connectivity index (χ4v) is 3.13. The first-order chi connectivity index (χ1) is 14.7. The molecule has 0 aliphatic carbocycles. The number of unbranched alkanes of at least 4 members (excludes halogenated alkanes) is 3. The van der Waals surface area contributed by atoms with E-state index < -0.39 is 17.6 Å². The molecule has 2 aromatic rings. The number of benzene rings is 2. The summed E-state index contributed by atoms with van der Waals surface area (Å²) in [6.45, 7) is 1.89. The molecule has 0 spiro atoms.